The van der Waals surface area contributed by atoms with Crippen molar-refractivity contribution >= 4 is 6.08 Å². The third-order valence-corrected chi connectivity index (χ3v) is 2.32. The zero-order chi connectivity index (χ0) is 10.6. The molecule has 76 valence electrons. The van der Waals surface area contributed by atoms with E-state index in [4.69, 9.17) is 0 Å². The molecule has 1 aromatic heterocycles. The van der Waals surface area contributed by atoms with Crippen LogP contribution >= 0.6 is 0 Å². The second-order valence-corrected chi connectivity index (χ2v) is 3.94. The van der Waals surface area contributed by atoms with E-state index in [0.29, 0.717) is 5.92 Å². The lowest BCUT2D eigenvalue weighted by Crippen LogP contribution is -1.93. The predicted molar refractivity (Wildman–Crippen MR) is 62.4 cm³/mol. The van der Waals surface area contributed by atoms with Crippen LogP contribution in [0.4, 0.5) is 0 Å². The highest BCUT2D eigenvalue weighted by molar-refractivity contribution is 5.49. The minimum atomic E-state index is 0.561. The Bertz CT molecular complexity index is 324. The lowest BCUT2D eigenvalue weighted by atomic mass is 10.0. The van der Waals surface area contributed by atoms with Gasteiger partial charge in [-0.1, -0.05) is 32.9 Å². The summed E-state index contributed by atoms with van der Waals surface area (Å²) in [4.78, 5) is 4.45. The molecule has 0 aliphatic carbocycles. The summed E-state index contributed by atoms with van der Waals surface area (Å²) in [6.07, 6.45) is 7.28. The lowest BCUT2D eigenvalue weighted by molar-refractivity contribution is 0.854. The molecular weight excluding hydrogens is 170 g/mol. The number of allylic oxidation sites excluding steroid dienone is 1. The maximum absolute atomic E-state index is 4.45. The normalized spacial score (nSPS) is 11.5. The fourth-order valence-electron chi connectivity index (χ4n) is 1.33. The van der Waals surface area contributed by atoms with Gasteiger partial charge >= 0.3 is 0 Å². The summed E-state index contributed by atoms with van der Waals surface area (Å²) in [5.74, 6) is 0.561. The van der Waals surface area contributed by atoms with Crippen LogP contribution in [0, 0.1) is 6.92 Å². The summed E-state index contributed by atoms with van der Waals surface area (Å²) >= 11 is 0. The zero-order valence-electron chi connectivity index (χ0n) is 9.54. The molecule has 1 heterocycles. The van der Waals surface area contributed by atoms with Crippen LogP contribution in [0.1, 0.15) is 49.9 Å². The minimum absolute atomic E-state index is 0.561. The molecule has 1 heteroatoms. The average molecular weight is 189 g/mol. The Morgan fingerprint density at radius 3 is 2.64 bits per heavy atom. The Hall–Kier alpha value is -1.11. The first-order chi connectivity index (χ1) is 6.65. The van der Waals surface area contributed by atoms with E-state index in [-0.39, 0.29) is 0 Å². The molecule has 1 nitrogen and oxygen atoms in total. The quantitative estimate of drug-likeness (QED) is 0.702. The fraction of sp³-hybridized carbons (Fsp3) is 0.462. The van der Waals surface area contributed by atoms with E-state index in [1.807, 2.05) is 6.20 Å². The van der Waals surface area contributed by atoms with Crippen molar-refractivity contribution in [2.24, 2.45) is 0 Å². The third kappa shape index (κ3) is 2.69. The molecule has 0 aromatic carbocycles. The van der Waals surface area contributed by atoms with Crippen molar-refractivity contribution in [2.75, 3.05) is 0 Å². The molecule has 0 spiro atoms. The van der Waals surface area contributed by atoms with Gasteiger partial charge in [0, 0.05) is 6.20 Å². The van der Waals surface area contributed by atoms with Crippen LogP contribution in [0.25, 0.3) is 6.08 Å². The molecule has 0 saturated carbocycles. The van der Waals surface area contributed by atoms with Gasteiger partial charge in [-0.3, -0.25) is 4.98 Å². The first kappa shape index (κ1) is 11.0. The van der Waals surface area contributed by atoms with Crippen LogP contribution < -0.4 is 0 Å². The SMILES string of the molecule is CC/C=C\c1ncc(C(C)C)cc1C. The first-order valence-corrected chi connectivity index (χ1v) is 5.28. The van der Waals surface area contributed by atoms with Crippen LogP contribution in [0.15, 0.2) is 18.3 Å². The van der Waals surface area contributed by atoms with E-state index in [9.17, 15) is 0 Å². The molecule has 0 N–H and O–H groups in total. The monoisotopic (exact) mass is 189 g/mol. The third-order valence-electron chi connectivity index (χ3n) is 2.32. The van der Waals surface area contributed by atoms with Gasteiger partial charge in [0.25, 0.3) is 0 Å². The molecule has 1 rings (SSSR count). The number of hydrogen-bond acceptors (Lipinski definition) is 1. The van der Waals surface area contributed by atoms with Crippen molar-refractivity contribution in [2.45, 2.75) is 40.0 Å². The smallest absolute Gasteiger partial charge is 0.0655 e. The molecular formula is C13H19N. The highest BCUT2D eigenvalue weighted by Crippen LogP contribution is 2.16. The van der Waals surface area contributed by atoms with Crippen molar-refractivity contribution in [1.29, 1.82) is 0 Å². The van der Waals surface area contributed by atoms with Gasteiger partial charge in [-0.25, -0.2) is 0 Å². The van der Waals surface area contributed by atoms with Crippen LogP contribution in [0.2, 0.25) is 0 Å². The largest absolute Gasteiger partial charge is 0.256 e. The van der Waals surface area contributed by atoms with Crippen LogP contribution in [0.3, 0.4) is 0 Å². The summed E-state index contributed by atoms with van der Waals surface area (Å²) in [6, 6.07) is 2.23. The van der Waals surface area contributed by atoms with E-state index in [2.05, 4.69) is 50.9 Å². The summed E-state index contributed by atoms with van der Waals surface area (Å²) in [5, 5.41) is 0. The van der Waals surface area contributed by atoms with E-state index in [1.54, 1.807) is 0 Å². The van der Waals surface area contributed by atoms with Gasteiger partial charge in [0.15, 0.2) is 0 Å². The number of aromatic nitrogens is 1. The summed E-state index contributed by atoms with van der Waals surface area (Å²) in [5.41, 5.74) is 3.67. The van der Waals surface area contributed by atoms with Crippen LogP contribution in [-0.4, -0.2) is 4.98 Å². The number of nitrogens with zero attached hydrogens (tertiary/aromatic N) is 1. The number of aryl methyl sites for hydroxylation is 1. The Morgan fingerprint density at radius 2 is 2.14 bits per heavy atom. The molecule has 0 saturated heterocycles. The molecule has 0 amide bonds. The summed E-state index contributed by atoms with van der Waals surface area (Å²) in [7, 11) is 0. The number of pyridine rings is 1. The van der Waals surface area contributed by atoms with Crippen molar-refractivity contribution in [3.8, 4) is 0 Å². The summed E-state index contributed by atoms with van der Waals surface area (Å²) < 4.78 is 0. The molecule has 0 aliphatic heterocycles. The number of hydrogen-bond donors (Lipinski definition) is 0. The Balaban J connectivity index is 2.95. The fourth-order valence-corrected chi connectivity index (χ4v) is 1.33. The molecule has 0 atom stereocenters. The number of rotatable bonds is 3. The van der Waals surface area contributed by atoms with E-state index in [1.165, 1.54) is 11.1 Å². The molecule has 0 unspecified atom stereocenters. The van der Waals surface area contributed by atoms with Crippen LogP contribution in [-0.2, 0) is 0 Å². The van der Waals surface area contributed by atoms with Gasteiger partial charge < -0.3 is 0 Å². The van der Waals surface area contributed by atoms with E-state index >= 15 is 0 Å². The predicted octanol–water partition coefficient (Wildman–Crippen LogP) is 3.94. The highest BCUT2D eigenvalue weighted by atomic mass is 14.7. The standard InChI is InChI=1S/C13H19N/c1-5-6-7-13-11(4)8-12(9-14-13)10(2)3/h6-10H,5H2,1-4H3/b7-6-. The van der Waals surface area contributed by atoms with E-state index in [0.717, 1.165) is 12.1 Å². The Morgan fingerprint density at radius 1 is 1.43 bits per heavy atom. The summed E-state index contributed by atoms with van der Waals surface area (Å²) in [6.45, 7) is 8.64. The van der Waals surface area contributed by atoms with Gasteiger partial charge in [0.1, 0.15) is 0 Å². The van der Waals surface area contributed by atoms with E-state index < -0.39 is 0 Å². The molecule has 0 radical (unpaired) electrons. The van der Waals surface area contributed by atoms with Gasteiger partial charge in [0.2, 0.25) is 0 Å². The maximum Gasteiger partial charge on any atom is 0.0655 e. The Kier molecular flexibility index (Phi) is 3.87. The van der Waals surface area contributed by atoms with Crippen molar-refractivity contribution < 1.29 is 0 Å². The maximum atomic E-state index is 4.45. The first-order valence-electron chi connectivity index (χ1n) is 5.28. The van der Waals surface area contributed by atoms with Crippen LogP contribution in [0.5, 0.6) is 0 Å². The van der Waals surface area contributed by atoms with Crippen molar-refractivity contribution in [1.82, 2.24) is 4.98 Å². The average Bonchev–Trinajstić information content (AvgIpc) is 2.15. The molecule has 14 heavy (non-hydrogen) atoms. The lowest BCUT2D eigenvalue weighted by Gasteiger charge is -2.07. The van der Waals surface area contributed by atoms with Crippen molar-refractivity contribution in [3.63, 3.8) is 0 Å². The Labute approximate surface area is 86.9 Å². The topological polar surface area (TPSA) is 12.9 Å². The molecule has 0 aliphatic rings. The second-order valence-electron chi connectivity index (χ2n) is 3.94. The molecule has 0 fully saturated rings. The van der Waals surface area contributed by atoms with Gasteiger partial charge in [0.05, 0.1) is 5.69 Å². The molecule has 1 aromatic rings. The van der Waals surface area contributed by atoms with Gasteiger partial charge in [-0.2, -0.15) is 0 Å². The molecule has 0 bridgehead atoms. The highest BCUT2D eigenvalue weighted by Gasteiger charge is 2.01. The van der Waals surface area contributed by atoms with Gasteiger partial charge in [-0.15, -0.1) is 0 Å². The minimum Gasteiger partial charge on any atom is -0.256 e. The zero-order valence-corrected chi connectivity index (χ0v) is 9.54. The van der Waals surface area contributed by atoms with Gasteiger partial charge in [-0.05, 0) is 36.5 Å². The second kappa shape index (κ2) is 4.94. The van der Waals surface area contributed by atoms with Crippen molar-refractivity contribution in [3.05, 3.63) is 35.2 Å².